The minimum Gasteiger partial charge on any atom is -0.329 e. The first kappa shape index (κ1) is 22.1. The second kappa shape index (κ2) is 9.84. The van der Waals surface area contributed by atoms with Crippen molar-refractivity contribution in [3.05, 3.63) is 76.7 Å². The van der Waals surface area contributed by atoms with Crippen LogP contribution in [-0.4, -0.2) is 32.5 Å². The number of aromatic amines is 1. The summed E-state index contributed by atoms with van der Waals surface area (Å²) in [6, 6.07) is 16.1. The van der Waals surface area contributed by atoms with E-state index in [1.165, 1.54) is 30.0 Å². The maximum absolute atomic E-state index is 12.6. The van der Waals surface area contributed by atoms with E-state index in [-0.39, 0.29) is 28.9 Å². The Morgan fingerprint density at radius 2 is 1.82 bits per heavy atom. The molecule has 0 aliphatic heterocycles. The van der Waals surface area contributed by atoms with Gasteiger partial charge in [0, 0.05) is 24.2 Å². The van der Waals surface area contributed by atoms with Crippen molar-refractivity contribution in [2.24, 2.45) is 0 Å². The van der Waals surface area contributed by atoms with Crippen molar-refractivity contribution in [3.63, 3.8) is 0 Å². The van der Waals surface area contributed by atoms with E-state index in [1.54, 1.807) is 6.07 Å². The first-order chi connectivity index (χ1) is 13.0. The third-order valence-corrected chi connectivity index (χ3v) is 5.88. The van der Waals surface area contributed by atoms with Crippen LogP contribution >= 0.6 is 12.4 Å². The van der Waals surface area contributed by atoms with E-state index in [4.69, 9.17) is 0 Å². The highest BCUT2D eigenvalue weighted by Gasteiger charge is 2.17. The molecule has 0 fully saturated rings. The van der Waals surface area contributed by atoms with Crippen molar-refractivity contribution in [2.45, 2.75) is 24.3 Å². The number of H-pyrrole nitrogens is 1. The zero-order valence-electron chi connectivity index (χ0n) is 15.5. The van der Waals surface area contributed by atoms with Crippen molar-refractivity contribution in [1.82, 2.24) is 15.0 Å². The summed E-state index contributed by atoms with van der Waals surface area (Å²) >= 11 is 0. The van der Waals surface area contributed by atoms with Crippen LogP contribution in [-0.2, 0) is 16.4 Å². The average Bonchev–Trinajstić information content (AvgIpc) is 2.66. The normalized spacial score (nSPS) is 12.5. The first-order valence-electron chi connectivity index (χ1n) is 8.84. The minimum atomic E-state index is -3.66. The summed E-state index contributed by atoms with van der Waals surface area (Å²) in [4.78, 5) is 14.5. The molecule has 28 heavy (non-hydrogen) atoms. The molecular formula is C20H24ClN3O3S. The SMILES string of the molecule is C[C@H](CNCCc1ccccc1)NS(=O)(=O)c1ccc2c(=O)[nH]ccc2c1.Cl. The molecule has 1 aromatic heterocycles. The van der Waals surface area contributed by atoms with Gasteiger partial charge in [-0.25, -0.2) is 13.1 Å². The van der Waals surface area contributed by atoms with Crippen molar-refractivity contribution in [1.29, 1.82) is 0 Å². The number of pyridine rings is 1. The molecular weight excluding hydrogens is 398 g/mol. The highest BCUT2D eigenvalue weighted by molar-refractivity contribution is 7.89. The van der Waals surface area contributed by atoms with Crippen LogP contribution in [0.4, 0.5) is 0 Å². The molecule has 3 N–H and O–H groups in total. The molecule has 0 aliphatic rings. The highest BCUT2D eigenvalue weighted by atomic mass is 35.5. The largest absolute Gasteiger partial charge is 0.329 e. The quantitative estimate of drug-likeness (QED) is 0.487. The van der Waals surface area contributed by atoms with Crippen LogP contribution in [0.5, 0.6) is 0 Å². The van der Waals surface area contributed by atoms with E-state index in [9.17, 15) is 13.2 Å². The number of nitrogens with one attached hydrogen (secondary N) is 3. The smallest absolute Gasteiger partial charge is 0.255 e. The summed E-state index contributed by atoms with van der Waals surface area (Å²) in [7, 11) is -3.66. The van der Waals surface area contributed by atoms with Gasteiger partial charge < -0.3 is 10.3 Å². The van der Waals surface area contributed by atoms with Gasteiger partial charge >= 0.3 is 0 Å². The summed E-state index contributed by atoms with van der Waals surface area (Å²) in [6.45, 7) is 3.12. The van der Waals surface area contributed by atoms with Gasteiger partial charge in [0.05, 0.1) is 4.90 Å². The van der Waals surface area contributed by atoms with Crippen molar-refractivity contribution in [2.75, 3.05) is 13.1 Å². The van der Waals surface area contributed by atoms with Crippen molar-refractivity contribution >= 4 is 33.2 Å². The van der Waals surface area contributed by atoms with E-state index in [0.29, 0.717) is 17.3 Å². The van der Waals surface area contributed by atoms with Crippen LogP contribution in [0.1, 0.15) is 12.5 Å². The Balaban J connectivity index is 0.00000280. The lowest BCUT2D eigenvalue weighted by atomic mass is 10.1. The van der Waals surface area contributed by atoms with E-state index in [1.807, 2.05) is 25.1 Å². The fourth-order valence-corrected chi connectivity index (χ4v) is 4.19. The molecule has 0 unspecified atom stereocenters. The Morgan fingerprint density at radius 1 is 1.07 bits per heavy atom. The first-order valence-corrected chi connectivity index (χ1v) is 10.3. The summed E-state index contributed by atoms with van der Waals surface area (Å²) in [5, 5.41) is 4.33. The number of aromatic nitrogens is 1. The molecule has 0 bridgehead atoms. The molecule has 1 heterocycles. The van der Waals surface area contributed by atoms with Crippen LogP contribution < -0.4 is 15.6 Å². The Hall–Kier alpha value is -2.19. The van der Waals surface area contributed by atoms with Crippen molar-refractivity contribution in [3.8, 4) is 0 Å². The van der Waals surface area contributed by atoms with Gasteiger partial charge in [-0.1, -0.05) is 30.3 Å². The molecule has 150 valence electrons. The third kappa shape index (κ3) is 5.65. The molecule has 0 saturated carbocycles. The zero-order valence-corrected chi connectivity index (χ0v) is 17.1. The molecule has 1 atom stereocenters. The average molecular weight is 422 g/mol. The van der Waals surface area contributed by atoms with Gasteiger partial charge in [-0.2, -0.15) is 0 Å². The van der Waals surface area contributed by atoms with Gasteiger partial charge in [0.1, 0.15) is 0 Å². The lowest BCUT2D eigenvalue weighted by Gasteiger charge is -2.15. The second-order valence-corrected chi connectivity index (χ2v) is 8.23. The number of halogens is 1. The molecule has 0 amide bonds. The van der Waals surface area contributed by atoms with E-state index >= 15 is 0 Å². The molecule has 0 spiro atoms. The van der Waals surface area contributed by atoms with Crippen LogP contribution in [0.3, 0.4) is 0 Å². The Kier molecular flexibility index (Phi) is 7.77. The number of rotatable bonds is 8. The Labute approximate surface area is 170 Å². The standard InChI is InChI=1S/C20H23N3O3S.ClH/c1-15(14-21-11-9-16-5-3-2-4-6-16)23-27(25,26)18-7-8-19-17(13-18)10-12-22-20(19)24;/h2-8,10,12-13,15,21,23H,9,11,14H2,1H3,(H,22,24);1H/t15-;/m1./s1. The number of hydrogen-bond acceptors (Lipinski definition) is 4. The zero-order chi connectivity index (χ0) is 19.3. The Morgan fingerprint density at radius 3 is 2.57 bits per heavy atom. The fourth-order valence-electron chi connectivity index (χ4n) is 2.91. The minimum absolute atomic E-state index is 0. The molecule has 3 aromatic rings. The van der Waals surface area contributed by atoms with Gasteiger partial charge in [0.15, 0.2) is 0 Å². The lowest BCUT2D eigenvalue weighted by molar-refractivity contribution is 0.537. The monoisotopic (exact) mass is 421 g/mol. The topological polar surface area (TPSA) is 91.1 Å². The number of hydrogen-bond donors (Lipinski definition) is 3. The summed E-state index contributed by atoms with van der Waals surface area (Å²) in [5.74, 6) is 0. The predicted molar refractivity (Wildman–Crippen MR) is 115 cm³/mol. The van der Waals surface area contributed by atoms with E-state index in [2.05, 4.69) is 27.2 Å². The molecule has 0 radical (unpaired) electrons. The van der Waals surface area contributed by atoms with Gasteiger partial charge in [0.25, 0.3) is 5.56 Å². The fraction of sp³-hybridized carbons (Fsp3) is 0.250. The lowest BCUT2D eigenvalue weighted by Crippen LogP contribution is -2.40. The molecule has 0 saturated heterocycles. The van der Waals surface area contributed by atoms with E-state index in [0.717, 1.165) is 13.0 Å². The third-order valence-electron chi connectivity index (χ3n) is 4.30. The summed E-state index contributed by atoms with van der Waals surface area (Å²) in [5.41, 5.74) is 1.00. The molecule has 0 aliphatic carbocycles. The summed E-state index contributed by atoms with van der Waals surface area (Å²) in [6.07, 6.45) is 2.40. The Bertz CT molecular complexity index is 1070. The number of fused-ring (bicyclic) bond motifs is 1. The van der Waals surface area contributed by atoms with Crippen LogP contribution in [0, 0.1) is 0 Å². The highest BCUT2D eigenvalue weighted by Crippen LogP contribution is 2.16. The molecule has 3 rings (SSSR count). The molecule has 8 heteroatoms. The van der Waals surface area contributed by atoms with Gasteiger partial charge in [0.2, 0.25) is 10.0 Å². The van der Waals surface area contributed by atoms with E-state index < -0.39 is 10.0 Å². The van der Waals surface area contributed by atoms with Gasteiger partial charge in [-0.05, 0) is 55.1 Å². The number of benzene rings is 2. The van der Waals surface area contributed by atoms with Crippen LogP contribution in [0.2, 0.25) is 0 Å². The molecule has 2 aromatic carbocycles. The maximum atomic E-state index is 12.6. The summed E-state index contributed by atoms with van der Waals surface area (Å²) < 4.78 is 27.9. The predicted octanol–water partition coefficient (Wildman–Crippen LogP) is 2.45. The van der Waals surface area contributed by atoms with Gasteiger partial charge in [-0.3, -0.25) is 4.79 Å². The van der Waals surface area contributed by atoms with Crippen molar-refractivity contribution < 1.29 is 8.42 Å². The van der Waals surface area contributed by atoms with Gasteiger partial charge in [-0.15, -0.1) is 12.4 Å². The maximum Gasteiger partial charge on any atom is 0.255 e. The van der Waals surface area contributed by atoms with Crippen LogP contribution in [0.15, 0.2) is 70.5 Å². The van der Waals surface area contributed by atoms with Crippen LogP contribution in [0.25, 0.3) is 10.8 Å². The second-order valence-electron chi connectivity index (χ2n) is 6.52. The molecule has 6 nitrogen and oxygen atoms in total. The number of sulfonamides is 1.